The van der Waals surface area contributed by atoms with Gasteiger partial charge in [-0.1, -0.05) is 13.8 Å². The van der Waals surface area contributed by atoms with Gasteiger partial charge in [-0.2, -0.15) is 4.73 Å². The second-order valence-electron chi connectivity index (χ2n) is 3.81. The summed E-state index contributed by atoms with van der Waals surface area (Å²) >= 11 is 0. The fourth-order valence-corrected chi connectivity index (χ4v) is 1.23. The van der Waals surface area contributed by atoms with Crippen LogP contribution in [0, 0.1) is 25.0 Å². The summed E-state index contributed by atoms with van der Waals surface area (Å²) in [5.41, 5.74) is 2.28. The first-order chi connectivity index (χ1) is 6.02. The maximum absolute atomic E-state index is 11.6. The summed E-state index contributed by atoms with van der Waals surface area (Å²) in [4.78, 5) is 4.17. The molecule has 3 nitrogen and oxygen atoms in total. The number of aryl methyl sites for hydroxylation is 1. The molecule has 0 aliphatic rings. The molecule has 0 spiro atoms. The molecule has 3 heteroatoms. The fraction of sp³-hybridized carbons (Fsp3) is 0.600. The molecule has 0 saturated carbocycles. The first-order valence-electron chi connectivity index (χ1n) is 4.57. The molecule has 0 bridgehead atoms. The van der Waals surface area contributed by atoms with Gasteiger partial charge in [0.25, 0.3) is 0 Å². The first kappa shape index (κ1) is 9.96. The number of rotatable bonds is 2. The van der Waals surface area contributed by atoms with Crippen LogP contribution in [-0.4, -0.2) is 4.98 Å². The van der Waals surface area contributed by atoms with Gasteiger partial charge in [0.2, 0.25) is 11.4 Å². The number of hydrogen-bond acceptors (Lipinski definition) is 2. The molecule has 0 aliphatic heterocycles. The van der Waals surface area contributed by atoms with Gasteiger partial charge >= 0.3 is 0 Å². The Kier molecular flexibility index (Phi) is 2.86. The van der Waals surface area contributed by atoms with Gasteiger partial charge in [0.1, 0.15) is 5.69 Å². The maximum Gasteiger partial charge on any atom is 0.211 e. The van der Waals surface area contributed by atoms with E-state index in [0.29, 0.717) is 11.6 Å². The molecular weight excluding hydrogens is 164 g/mol. The molecule has 0 aromatic carbocycles. The molecule has 1 aromatic heterocycles. The highest BCUT2D eigenvalue weighted by Crippen LogP contribution is 2.04. The van der Waals surface area contributed by atoms with Crippen LogP contribution in [0.3, 0.4) is 0 Å². The Bertz CT molecular complexity index is 308. The van der Waals surface area contributed by atoms with Crippen molar-refractivity contribution >= 4 is 0 Å². The normalized spacial score (nSPS) is 10.8. The predicted molar refractivity (Wildman–Crippen MR) is 51.2 cm³/mol. The van der Waals surface area contributed by atoms with Crippen molar-refractivity contribution in [2.24, 2.45) is 5.92 Å². The van der Waals surface area contributed by atoms with Gasteiger partial charge in [0.15, 0.2) is 0 Å². The zero-order valence-corrected chi connectivity index (χ0v) is 8.66. The lowest BCUT2D eigenvalue weighted by Gasteiger charge is -2.09. The van der Waals surface area contributed by atoms with Crippen LogP contribution in [-0.2, 0) is 6.42 Å². The summed E-state index contributed by atoms with van der Waals surface area (Å²) in [6, 6.07) is 0. The highest BCUT2D eigenvalue weighted by atomic mass is 16.5. The van der Waals surface area contributed by atoms with Crippen molar-refractivity contribution in [3.8, 4) is 0 Å². The van der Waals surface area contributed by atoms with E-state index in [-0.39, 0.29) is 0 Å². The first-order valence-corrected chi connectivity index (χ1v) is 4.57. The van der Waals surface area contributed by atoms with Crippen LogP contribution in [0.1, 0.15) is 30.9 Å². The summed E-state index contributed by atoms with van der Waals surface area (Å²) in [5.74, 6) is 0.490. The van der Waals surface area contributed by atoms with Crippen LogP contribution < -0.4 is 4.73 Å². The second kappa shape index (κ2) is 3.73. The summed E-state index contributed by atoms with van der Waals surface area (Å²) in [6.45, 7) is 7.84. The van der Waals surface area contributed by atoms with E-state index in [1.165, 1.54) is 0 Å². The van der Waals surface area contributed by atoms with Gasteiger partial charge in [-0.3, -0.25) is 0 Å². The molecule has 0 fully saturated rings. The van der Waals surface area contributed by atoms with Crippen molar-refractivity contribution in [1.29, 1.82) is 0 Å². The molecule has 13 heavy (non-hydrogen) atoms. The van der Waals surface area contributed by atoms with E-state index in [9.17, 15) is 5.21 Å². The van der Waals surface area contributed by atoms with E-state index in [0.717, 1.165) is 22.5 Å². The molecule has 1 aromatic rings. The fourth-order valence-electron chi connectivity index (χ4n) is 1.23. The minimum absolute atomic E-state index is 0.490. The third-order valence-electron chi connectivity index (χ3n) is 2.11. The summed E-state index contributed by atoms with van der Waals surface area (Å²) in [5, 5.41) is 11.6. The monoisotopic (exact) mass is 180 g/mol. The van der Waals surface area contributed by atoms with Crippen molar-refractivity contribution in [2.45, 2.75) is 34.1 Å². The van der Waals surface area contributed by atoms with Crippen molar-refractivity contribution in [2.75, 3.05) is 0 Å². The SMILES string of the molecule is Cc1ncc(CC(C)C)[n+]([O-])c1C. The van der Waals surface area contributed by atoms with Crippen molar-refractivity contribution in [3.63, 3.8) is 0 Å². The Morgan fingerprint density at radius 1 is 1.46 bits per heavy atom. The largest absolute Gasteiger partial charge is 0.618 e. The molecule has 0 amide bonds. The average Bonchev–Trinajstić information content (AvgIpc) is 2.06. The Balaban J connectivity index is 3.04. The topological polar surface area (TPSA) is 39.8 Å². The summed E-state index contributed by atoms with van der Waals surface area (Å²) in [7, 11) is 0. The van der Waals surface area contributed by atoms with E-state index < -0.39 is 0 Å². The van der Waals surface area contributed by atoms with Gasteiger partial charge in [0, 0.05) is 13.3 Å². The lowest BCUT2D eigenvalue weighted by molar-refractivity contribution is -0.622. The molecular formula is C10H16N2O. The molecule has 72 valence electrons. The van der Waals surface area contributed by atoms with Crippen molar-refractivity contribution < 1.29 is 4.73 Å². The van der Waals surface area contributed by atoms with Crippen LogP contribution in [0.4, 0.5) is 0 Å². The molecule has 0 unspecified atom stereocenters. The Morgan fingerprint density at radius 2 is 2.08 bits per heavy atom. The lowest BCUT2D eigenvalue weighted by Crippen LogP contribution is -2.37. The van der Waals surface area contributed by atoms with E-state index in [1.807, 2.05) is 6.92 Å². The van der Waals surface area contributed by atoms with E-state index in [4.69, 9.17) is 0 Å². The van der Waals surface area contributed by atoms with Crippen LogP contribution >= 0.6 is 0 Å². The summed E-state index contributed by atoms with van der Waals surface area (Å²) in [6.07, 6.45) is 2.47. The molecule has 1 rings (SSSR count). The molecule has 0 N–H and O–H groups in total. The van der Waals surface area contributed by atoms with Gasteiger partial charge < -0.3 is 5.21 Å². The zero-order chi connectivity index (χ0) is 10.0. The van der Waals surface area contributed by atoms with Crippen LogP contribution in [0.15, 0.2) is 6.20 Å². The Hall–Kier alpha value is -1.12. The highest BCUT2D eigenvalue weighted by Gasteiger charge is 2.12. The Morgan fingerprint density at radius 3 is 2.62 bits per heavy atom. The minimum atomic E-state index is 0.490. The smallest absolute Gasteiger partial charge is 0.211 e. The van der Waals surface area contributed by atoms with Gasteiger partial charge in [-0.25, -0.2) is 4.98 Å². The van der Waals surface area contributed by atoms with Gasteiger partial charge in [-0.15, -0.1) is 0 Å². The quantitative estimate of drug-likeness (QED) is 0.511. The maximum atomic E-state index is 11.6. The van der Waals surface area contributed by atoms with Crippen molar-refractivity contribution in [3.05, 3.63) is 28.5 Å². The van der Waals surface area contributed by atoms with Crippen molar-refractivity contribution in [1.82, 2.24) is 4.98 Å². The van der Waals surface area contributed by atoms with E-state index in [1.54, 1.807) is 13.1 Å². The second-order valence-corrected chi connectivity index (χ2v) is 3.81. The third-order valence-corrected chi connectivity index (χ3v) is 2.11. The molecule has 1 heterocycles. The molecule has 0 aliphatic carbocycles. The van der Waals surface area contributed by atoms with Crippen LogP contribution in [0.5, 0.6) is 0 Å². The highest BCUT2D eigenvalue weighted by molar-refractivity contribution is 5.04. The average molecular weight is 180 g/mol. The third kappa shape index (κ3) is 2.17. The molecule has 0 atom stereocenters. The predicted octanol–water partition coefficient (Wildman–Crippen LogP) is 1.53. The number of aromatic nitrogens is 2. The molecule has 0 saturated heterocycles. The van der Waals surface area contributed by atoms with E-state index in [2.05, 4.69) is 18.8 Å². The summed E-state index contributed by atoms with van der Waals surface area (Å²) < 4.78 is 0.988. The lowest BCUT2D eigenvalue weighted by atomic mass is 10.1. The Labute approximate surface area is 79.0 Å². The number of nitrogens with zero attached hydrogens (tertiary/aromatic N) is 2. The molecule has 0 radical (unpaired) electrons. The van der Waals surface area contributed by atoms with Crippen LogP contribution in [0.25, 0.3) is 0 Å². The van der Waals surface area contributed by atoms with Crippen LogP contribution in [0.2, 0.25) is 0 Å². The van der Waals surface area contributed by atoms with E-state index >= 15 is 0 Å². The zero-order valence-electron chi connectivity index (χ0n) is 8.66. The minimum Gasteiger partial charge on any atom is -0.618 e. The van der Waals surface area contributed by atoms with Gasteiger partial charge in [-0.05, 0) is 12.8 Å². The standard InChI is InChI=1S/C10H16N2O/c1-7(2)5-10-6-11-8(3)9(4)12(10)13/h6-7H,5H2,1-4H3. The number of hydrogen-bond donors (Lipinski definition) is 0. The van der Waals surface area contributed by atoms with Gasteiger partial charge in [0.05, 0.1) is 6.20 Å².